The summed E-state index contributed by atoms with van der Waals surface area (Å²) in [6, 6.07) is 12.6. The number of aromatic nitrogens is 1. The van der Waals surface area contributed by atoms with Crippen LogP contribution in [-0.2, 0) is 0 Å². The van der Waals surface area contributed by atoms with Crippen LogP contribution in [0.5, 0.6) is 5.75 Å². The molecule has 0 radical (unpaired) electrons. The number of aliphatic hydroxyl groups excluding tert-OH is 1. The number of nitrogens with zero attached hydrogens (tertiary/aromatic N) is 3. The van der Waals surface area contributed by atoms with Crippen LogP contribution in [0.15, 0.2) is 42.5 Å². The maximum absolute atomic E-state index is 13.8. The maximum Gasteiger partial charge on any atom is 0.284 e. The second-order valence-electron chi connectivity index (χ2n) is 11.5. The van der Waals surface area contributed by atoms with E-state index in [0.29, 0.717) is 41.0 Å². The van der Waals surface area contributed by atoms with E-state index in [2.05, 4.69) is 29.2 Å². The zero-order valence-electron chi connectivity index (χ0n) is 23.6. The molecule has 40 heavy (non-hydrogen) atoms. The quantitative estimate of drug-likeness (QED) is 0.387. The van der Waals surface area contributed by atoms with Crippen LogP contribution in [0.1, 0.15) is 66.1 Å². The number of nitrogens with one attached hydrogen (secondary N) is 1. The van der Waals surface area contributed by atoms with Gasteiger partial charge in [-0.2, -0.15) is 0 Å². The summed E-state index contributed by atoms with van der Waals surface area (Å²) in [4.78, 5) is 35.6. The first kappa shape index (κ1) is 28.5. The van der Waals surface area contributed by atoms with Gasteiger partial charge in [-0.05, 0) is 57.0 Å². The smallest absolute Gasteiger partial charge is 0.284 e. The third-order valence-corrected chi connectivity index (χ3v) is 9.25. The summed E-state index contributed by atoms with van der Waals surface area (Å²) < 4.78 is 7.62. The Bertz CT molecular complexity index is 1300. The number of thiazole rings is 1. The molecule has 1 saturated carbocycles. The molecule has 0 spiro atoms. The average molecular weight is 565 g/mol. The fraction of sp³-hybridized carbons (Fsp3) is 0.516. The molecule has 0 unspecified atom stereocenters. The van der Waals surface area contributed by atoms with Crippen LogP contribution in [0.2, 0.25) is 0 Å². The lowest BCUT2D eigenvalue weighted by Gasteiger charge is -2.39. The van der Waals surface area contributed by atoms with Gasteiger partial charge in [0, 0.05) is 25.6 Å². The van der Waals surface area contributed by atoms with E-state index in [9.17, 15) is 14.7 Å². The zero-order chi connectivity index (χ0) is 28.2. The fourth-order valence-corrected chi connectivity index (χ4v) is 6.76. The van der Waals surface area contributed by atoms with Gasteiger partial charge in [0.1, 0.15) is 6.10 Å². The number of ether oxygens (including phenoxy) is 1. The second-order valence-corrected chi connectivity index (χ2v) is 12.5. The van der Waals surface area contributed by atoms with Crippen LogP contribution in [0.25, 0.3) is 10.2 Å². The first-order chi connectivity index (χ1) is 19.3. The molecule has 2 N–H and O–H groups in total. The molecular weight excluding hydrogens is 524 g/mol. The molecule has 9 heteroatoms. The number of anilines is 1. The van der Waals surface area contributed by atoms with Gasteiger partial charge in [0.05, 0.1) is 34.1 Å². The predicted molar refractivity (Wildman–Crippen MR) is 159 cm³/mol. The highest BCUT2D eigenvalue weighted by atomic mass is 32.1. The van der Waals surface area contributed by atoms with Crippen molar-refractivity contribution in [2.24, 2.45) is 11.8 Å². The van der Waals surface area contributed by atoms with E-state index in [-0.39, 0.29) is 36.5 Å². The van der Waals surface area contributed by atoms with Gasteiger partial charge in [0.25, 0.3) is 11.8 Å². The lowest BCUT2D eigenvalue weighted by Crippen LogP contribution is -2.50. The monoisotopic (exact) mass is 564 g/mol. The van der Waals surface area contributed by atoms with Crippen molar-refractivity contribution >= 4 is 39.1 Å². The third-order valence-electron chi connectivity index (χ3n) is 8.21. The van der Waals surface area contributed by atoms with Crippen molar-refractivity contribution in [3.63, 3.8) is 0 Å². The molecule has 1 aliphatic heterocycles. The van der Waals surface area contributed by atoms with Gasteiger partial charge in [-0.3, -0.25) is 9.59 Å². The van der Waals surface area contributed by atoms with Crippen molar-refractivity contribution in [1.82, 2.24) is 14.8 Å². The molecule has 8 nitrogen and oxygen atoms in total. The number of likely N-dealkylation sites (N-methyl/N-ethyl adjacent to an activating group) is 1. The van der Waals surface area contributed by atoms with Gasteiger partial charge in [0.2, 0.25) is 0 Å². The third kappa shape index (κ3) is 6.32. The molecule has 3 aromatic rings. The van der Waals surface area contributed by atoms with E-state index in [4.69, 9.17) is 4.74 Å². The highest BCUT2D eigenvalue weighted by Gasteiger charge is 2.35. The lowest BCUT2D eigenvalue weighted by atomic mass is 9.89. The standard InChI is InChI=1S/C31H40N4O4S/c1-20-16-35(21(2)19-36)31(38)23-12-9-14-25(32-29(37)30-33-24-13-7-8-15-27(24)40-30)28(23)39-26(20)18-34(3)17-22-10-5-4-6-11-22/h7-9,12-15,20-22,26,36H,4-6,10-11,16-19H2,1-3H3,(H,32,37)/t20-,21-,26-/m1/s1. The molecule has 5 rings (SSSR count). The van der Waals surface area contributed by atoms with Crippen LogP contribution < -0.4 is 10.1 Å². The van der Waals surface area contributed by atoms with E-state index < -0.39 is 0 Å². The number of hydrogen-bond donors (Lipinski definition) is 2. The number of benzene rings is 2. The summed E-state index contributed by atoms with van der Waals surface area (Å²) in [5.41, 5.74) is 1.60. The van der Waals surface area contributed by atoms with Gasteiger partial charge in [-0.15, -0.1) is 11.3 Å². The van der Waals surface area contributed by atoms with E-state index in [1.165, 1.54) is 43.4 Å². The number of carbonyl (C=O) groups excluding carboxylic acids is 2. The molecule has 0 saturated heterocycles. The van der Waals surface area contributed by atoms with Crippen LogP contribution in [-0.4, -0.2) is 77.1 Å². The largest absolute Gasteiger partial charge is 0.486 e. The topological polar surface area (TPSA) is 95.0 Å². The summed E-state index contributed by atoms with van der Waals surface area (Å²) in [6.45, 7) is 6.02. The van der Waals surface area contributed by atoms with Crippen molar-refractivity contribution in [2.45, 2.75) is 58.1 Å². The van der Waals surface area contributed by atoms with Gasteiger partial charge in [-0.1, -0.05) is 44.4 Å². The number of amides is 2. The van der Waals surface area contributed by atoms with Gasteiger partial charge >= 0.3 is 0 Å². The van der Waals surface area contributed by atoms with Gasteiger partial charge < -0.3 is 25.0 Å². The Morgan fingerprint density at radius 3 is 2.70 bits per heavy atom. The number of rotatable bonds is 8. The van der Waals surface area contributed by atoms with Crippen molar-refractivity contribution in [1.29, 1.82) is 0 Å². The van der Waals surface area contributed by atoms with Crippen LogP contribution in [0, 0.1) is 11.8 Å². The highest BCUT2D eigenvalue weighted by Crippen LogP contribution is 2.36. The minimum Gasteiger partial charge on any atom is -0.486 e. The van der Waals surface area contributed by atoms with E-state index >= 15 is 0 Å². The van der Waals surface area contributed by atoms with E-state index in [0.717, 1.165) is 16.8 Å². The Morgan fingerprint density at radius 1 is 1.18 bits per heavy atom. The van der Waals surface area contributed by atoms with Crippen molar-refractivity contribution < 1.29 is 19.4 Å². The Kier molecular flexibility index (Phi) is 9.03. The number of aliphatic hydroxyl groups is 1. The van der Waals surface area contributed by atoms with Crippen LogP contribution in [0.4, 0.5) is 5.69 Å². The van der Waals surface area contributed by atoms with Crippen molar-refractivity contribution in [3.8, 4) is 5.75 Å². The Morgan fingerprint density at radius 2 is 1.95 bits per heavy atom. The molecule has 1 fully saturated rings. The molecule has 0 bridgehead atoms. The molecule has 2 heterocycles. The summed E-state index contributed by atoms with van der Waals surface area (Å²) in [7, 11) is 2.14. The van der Waals surface area contributed by atoms with E-state index in [1.807, 2.05) is 31.2 Å². The molecular formula is C31H40N4O4S. The van der Waals surface area contributed by atoms with Crippen LogP contribution >= 0.6 is 11.3 Å². The number of para-hydroxylation sites is 2. The zero-order valence-corrected chi connectivity index (χ0v) is 24.5. The highest BCUT2D eigenvalue weighted by molar-refractivity contribution is 7.20. The van der Waals surface area contributed by atoms with E-state index in [1.54, 1.807) is 23.1 Å². The Hall–Kier alpha value is -3.01. The maximum atomic E-state index is 13.8. The summed E-state index contributed by atoms with van der Waals surface area (Å²) >= 11 is 1.33. The Labute approximate surface area is 240 Å². The van der Waals surface area contributed by atoms with Crippen LogP contribution in [0.3, 0.4) is 0 Å². The predicted octanol–water partition coefficient (Wildman–Crippen LogP) is 5.28. The molecule has 214 valence electrons. The molecule has 3 atom stereocenters. The molecule has 2 aliphatic rings. The minimum absolute atomic E-state index is 0.00734. The minimum atomic E-state index is -0.345. The first-order valence-electron chi connectivity index (χ1n) is 14.4. The molecule has 2 aromatic carbocycles. The Balaban J connectivity index is 1.44. The average Bonchev–Trinajstić information content (AvgIpc) is 3.40. The van der Waals surface area contributed by atoms with Crippen molar-refractivity contribution in [2.75, 3.05) is 38.6 Å². The second kappa shape index (κ2) is 12.7. The summed E-state index contributed by atoms with van der Waals surface area (Å²) in [6.07, 6.45) is 6.26. The number of hydrogen-bond acceptors (Lipinski definition) is 7. The number of carbonyl (C=O) groups is 2. The molecule has 1 aliphatic carbocycles. The lowest BCUT2D eigenvalue weighted by molar-refractivity contribution is 0.0332. The van der Waals surface area contributed by atoms with Gasteiger partial charge in [-0.25, -0.2) is 4.98 Å². The molecule has 2 amide bonds. The summed E-state index contributed by atoms with van der Waals surface area (Å²) in [5.74, 6) is 0.527. The summed E-state index contributed by atoms with van der Waals surface area (Å²) in [5, 5.41) is 13.3. The SMILES string of the molecule is C[C@@H]1CN([C@H](C)CO)C(=O)c2cccc(NC(=O)c3nc4ccccc4s3)c2O[C@@H]1CN(C)CC1CCCCC1. The molecule has 1 aromatic heterocycles. The van der Waals surface area contributed by atoms with Gasteiger partial charge in [0.15, 0.2) is 10.8 Å². The first-order valence-corrected chi connectivity index (χ1v) is 15.2. The fourth-order valence-electron chi connectivity index (χ4n) is 5.90. The van der Waals surface area contributed by atoms with Crippen molar-refractivity contribution in [3.05, 3.63) is 53.0 Å². The number of fused-ring (bicyclic) bond motifs is 2. The normalized spacial score (nSPS) is 21.0.